The molecule has 0 aliphatic heterocycles. The van der Waals surface area contributed by atoms with Crippen molar-refractivity contribution in [2.24, 2.45) is 0 Å². The normalized spacial score (nSPS) is 12.3. The zero-order valence-electron chi connectivity index (χ0n) is 17.5. The Morgan fingerprint density at radius 2 is 0.846 bits per heavy atom. The van der Waals surface area contributed by atoms with E-state index in [2.05, 4.69) is 37.8 Å². The highest BCUT2D eigenvalue weighted by Gasteiger charge is 1.93. The summed E-state index contributed by atoms with van der Waals surface area (Å²) in [6.45, 7) is 5.93. The van der Waals surface area contributed by atoms with Gasteiger partial charge in [-0.05, 0) is 12.8 Å². The molecule has 0 heterocycles. The predicted molar refractivity (Wildman–Crippen MR) is 122 cm³/mol. The molecule has 148 valence electrons. The minimum absolute atomic E-state index is 1.21. The lowest BCUT2D eigenvalue weighted by Crippen LogP contribution is -1.83. The maximum Gasteiger partial charge on any atom is -0.0348 e. The Morgan fingerprint density at radius 3 is 1.31 bits per heavy atom. The summed E-state index contributed by atoms with van der Waals surface area (Å²) < 4.78 is 0. The van der Waals surface area contributed by atoms with Crippen molar-refractivity contribution < 1.29 is 0 Å². The smallest absolute Gasteiger partial charge is 0.0348 e. The summed E-state index contributed by atoms with van der Waals surface area (Å²) in [5.74, 6) is 0. The van der Waals surface area contributed by atoms with E-state index < -0.39 is 0 Å². The molecule has 0 amide bonds. The van der Waals surface area contributed by atoms with Gasteiger partial charge in [-0.15, -0.1) is 0 Å². The first-order chi connectivity index (χ1) is 12.9. The van der Waals surface area contributed by atoms with E-state index in [1.807, 2.05) is 24.3 Å². The van der Waals surface area contributed by atoms with Gasteiger partial charge in [-0.25, -0.2) is 0 Å². The highest BCUT2D eigenvalue weighted by atomic mass is 14.0. The van der Waals surface area contributed by atoms with Crippen molar-refractivity contribution in [2.75, 3.05) is 0 Å². The van der Waals surface area contributed by atoms with Gasteiger partial charge in [-0.2, -0.15) is 0 Å². The van der Waals surface area contributed by atoms with E-state index in [1.165, 1.54) is 96.3 Å². The summed E-state index contributed by atoms with van der Waals surface area (Å²) in [6.07, 6.45) is 39.6. The largest absolute Gasteiger partial charge is 0.0991 e. The van der Waals surface area contributed by atoms with Gasteiger partial charge < -0.3 is 0 Å². The zero-order chi connectivity index (χ0) is 19.0. The van der Waals surface area contributed by atoms with Gasteiger partial charge >= 0.3 is 0 Å². The lowest BCUT2D eigenvalue weighted by Gasteiger charge is -2.02. The van der Waals surface area contributed by atoms with E-state index in [4.69, 9.17) is 0 Å². The SMILES string of the molecule is C=CC=CC=CC=CC=CCCCCCCCCCCCCCCCC. The Kier molecular flexibility index (Phi) is 22.5. The van der Waals surface area contributed by atoms with E-state index >= 15 is 0 Å². The van der Waals surface area contributed by atoms with Crippen LogP contribution in [-0.2, 0) is 0 Å². The van der Waals surface area contributed by atoms with Gasteiger partial charge in [0.05, 0.1) is 0 Å². The van der Waals surface area contributed by atoms with Crippen LogP contribution in [0.2, 0.25) is 0 Å². The highest BCUT2D eigenvalue weighted by molar-refractivity contribution is 5.17. The first-order valence-electron chi connectivity index (χ1n) is 11.2. The van der Waals surface area contributed by atoms with Crippen LogP contribution in [0.1, 0.15) is 103 Å². The molecule has 0 aliphatic rings. The number of allylic oxidation sites excluding steroid dienone is 9. The molecule has 0 aromatic rings. The Hall–Kier alpha value is -1.30. The standard InChI is InChI=1S/C26H44/c1-3-5-7-9-11-13-15-17-19-21-23-25-26-24-22-20-18-16-14-12-10-8-6-4-2/h3,5,7,9,11,13,15,17,19H,1,4,6,8,10,12,14,16,18,20-26H2,2H3. The van der Waals surface area contributed by atoms with Gasteiger partial charge in [0.1, 0.15) is 0 Å². The van der Waals surface area contributed by atoms with E-state index in [1.54, 1.807) is 6.08 Å². The van der Waals surface area contributed by atoms with E-state index in [-0.39, 0.29) is 0 Å². The molecule has 0 rings (SSSR count). The molecule has 0 spiro atoms. The van der Waals surface area contributed by atoms with Crippen molar-refractivity contribution in [2.45, 2.75) is 103 Å². The third-order valence-electron chi connectivity index (χ3n) is 4.66. The van der Waals surface area contributed by atoms with Gasteiger partial charge in [0.25, 0.3) is 0 Å². The fourth-order valence-electron chi connectivity index (χ4n) is 3.03. The molecule has 0 heteroatoms. The van der Waals surface area contributed by atoms with Crippen LogP contribution < -0.4 is 0 Å². The van der Waals surface area contributed by atoms with Crippen LogP contribution in [0, 0.1) is 0 Å². The maximum absolute atomic E-state index is 3.64. The van der Waals surface area contributed by atoms with Crippen molar-refractivity contribution in [3.05, 3.63) is 61.3 Å². The van der Waals surface area contributed by atoms with Crippen LogP contribution >= 0.6 is 0 Å². The summed E-state index contributed by atoms with van der Waals surface area (Å²) in [7, 11) is 0. The first-order valence-corrected chi connectivity index (χ1v) is 11.2. The van der Waals surface area contributed by atoms with Crippen LogP contribution in [0.3, 0.4) is 0 Å². The maximum atomic E-state index is 3.64. The summed E-state index contributed by atoms with van der Waals surface area (Å²) in [4.78, 5) is 0. The minimum atomic E-state index is 1.21. The third-order valence-corrected chi connectivity index (χ3v) is 4.66. The van der Waals surface area contributed by atoms with Crippen LogP contribution in [0.4, 0.5) is 0 Å². The van der Waals surface area contributed by atoms with Crippen LogP contribution in [-0.4, -0.2) is 0 Å². The Balaban J connectivity index is 3.20. The van der Waals surface area contributed by atoms with Crippen LogP contribution in [0.25, 0.3) is 0 Å². The fourth-order valence-corrected chi connectivity index (χ4v) is 3.03. The Labute approximate surface area is 164 Å². The molecule has 0 fully saturated rings. The molecule has 0 aromatic carbocycles. The van der Waals surface area contributed by atoms with Gasteiger partial charge in [0.15, 0.2) is 0 Å². The molecule has 0 bridgehead atoms. The molecule has 26 heavy (non-hydrogen) atoms. The quantitative estimate of drug-likeness (QED) is 0.160. The van der Waals surface area contributed by atoms with Crippen LogP contribution in [0.15, 0.2) is 61.3 Å². The molecular weight excluding hydrogens is 312 g/mol. The van der Waals surface area contributed by atoms with Gasteiger partial charge in [0.2, 0.25) is 0 Å². The lowest BCUT2D eigenvalue weighted by molar-refractivity contribution is 0.536. The molecule has 0 atom stereocenters. The van der Waals surface area contributed by atoms with Gasteiger partial charge in [-0.1, -0.05) is 152 Å². The first kappa shape index (κ1) is 24.7. The molecule has 0 aromatic heterocycles. The monoisotopic (exact) mass is 356 g/mol. The van der Waals surface area contributed by atoms with Crippen LogP contribution in [0.5, 0.6) is 0 Å². The van der Waals surface area contributed by atoms with E-state index in [9.17, 15) is 0 Å². The molecular formula is C26H44. The third kappa shape index (κ3) is 22.7. The average Bonchev–Trinajstić information content (AvgIpc) is 2.66. The Morgan fingerprint density at radius 1 is 0.462 bits per heavy atom. The topological polar surface area (TPSA) is 0 Å². The predicted octanol–water partition coefficient (Wildman–Crippen LogP) is 9.27. The van der Waals surface area contributed by atoms with Gasteiger partial charge in [0, 0.05) is 0 Å². The molecule has 0 N–H and O–H groups in total. The van der Waals surface area contributed by atoms with Crippen molar-refractivity contribution >= 4 is 0 Å². The summed E-state index contributed by atoms with van der Waals surface area (Å²) in [5.41, 5.74) is 0. The number of unbranched alkanes of at least 4 members (excludes halogenated alkanes) is 14. The Bertz CT molecular complexity index is 381. The highest BCUT2D eigenvalue weighted by Crippen LogP contribution is 2.13. The summed E-state index contributed by atoms with van der Waals surface area (Å²) >= 11 is 0. The number of hydrogen-bond acceptors (Lipinski definition) is 0. The summed E-state index contributed by atoms with van der Waals surface area (Å²) in [6, 6.07) is 0. The molecule has 0 saturated carbocycles. The molecule has 0 aliphatic carbocycles. The van der Waals surface area contributed by atoms with Crippen molar-refractivity contribution in [3.8, 4) is 0 Å². The molecule has 0 nitrogen and oxygen atoms in total. The average molecular weight is 357 g/mol. The van der Waals surface area contributed by atoms with E-state index in [0.29, 0.717) is 0 Å². The second-order valence-electron chi connectivity index (χ2n) is 7.20. The molecule has 0 radical (unpaired) electrons. The van der Waals surface area contributed by atoms with Gasteiger partial charge in [-0.3, -0.25) is 0 Å². The van der Waals surface area contributed by atoms with Crippen molar-refractivity contribution in [1.82, 2.24) is 0 Å². The second-order valence-corrected chi connectivity index (χ2v) is 7.20. The minimum Gasteiger partial charge on any atom is -0.0991 e. The second kappa shape index (κ2) is 23.7. The van der Waals surface area contributed by atoms with Crippen molar-refractivity contribution in [1.29, 1.82) is 0 Å². The molecule has 0 unspecified atom stereocenters. The zero-order valence-corrected chi connectivity index (χ0v) is 17.5. The number of hydrogen-bond donors (Lipinski definition) is 0. The van der Waals surface area contributed by atoms with Crippen molar-refractivity contribution in [3.63, 3.8) is 0 Å². The van der Waals surface area contributed by atoms with E-state index in [0.717, 1.165) is 0 Å². The fraction of sp³-hybridized carbons (Fsp3) is 0.615. The summed E-state index contributed by atoms with van der Waals surface area (Å²) in [5, 5.41) is 0. The molecule has 0 saturated heterocycles. The lowest BCUT2D eigenvalue weighted by atomic mass is 10.0. The number of rotatable bonds is 19.